The van der Waals surface area contributed by atoms with Crippen LogP contribution in [0.5, 0.6) is 35.0 Å². The van der Waals surface area contributed by atoms with Gasteiger partial charge in [0.2, 0.25) is 44.9 Å². The van der Waals surface area contributed by atoms with Crippen LogP contribution in [-0.2, 0) is 25.8 Å². The Morgan fingerprint density at radius 2 is 0.875 bits per heavy atom. The Bertz CT molecular complexity index is 2130. The molecule has 3 aliphatic carbocycles. The van der Waals surface area contributed by atoms with E-state index in [9.17, 15) is 72.4 Å². The van der Waals surface area contributed by atoms with E-state index in [-0.39, 0.29) is 9.30 Å². The second kappa shape index (κ2) is 10.1. The monoisotopic (exact) mass is 732 g/mol. The van der Waals surface area contributed by atoms with Crippen molar-refractivity contribution in [3.8, 4) is 35.0 Å². The van der Waals surface area contributed by atoms with Gasteiger partial charge in [-0.05, 0) is 0 Å². The summed E-state index contributed by atoms with van der Waals surface area (Å²) in [5, 5.41) is 61.7. The van der Waals surface area contributed by atoms with Gasteiger partial charge in [0.1, 0.15) is 10.8 Å². The van der Waals surface area contributed by atoms with E-state index in [1.165, 1.54) is 0 Å². The SMILES string of the molecule is O=S(=O)(Cn1c(O)c2c(c1O)C1C=CC2c2c1c(O)n(OS(=O)(=O)c1c(F)c(F)c(O)c(F)c1F)c2O)c1c(F)c(F)c(O)c(F)c1F. The number of benzene rings is 2. The molecule has 2 unspecified atom stereocenters. The van der Waals surface area contributed by atoms with Gasteiger partial charge in [0, 0.05) is 34.1 Å². The standard InChI is InChI=1S/C25H12F8N2O11S2/c26-10-14(30)20(15(31)11(27)18(10)36)47(42,43)3-34-22(38)6-4-1-2-5(7(6)23(34)39)9-8(4)24(40)35(25(9)41)46-48(44,45)21-16(32)12(28)19(37)13(29)17(21)33/h1-2,4-5,36-41H,3H2. The molecule has 7 rings (SSSR count). The highest BCUT2D eigenvalue weighted by Crippen LogP contribution is 2.60. The zero-order valence-corrected chi connectivity index (χ0v) is 24.1. The van der Waals surface area contributed by atoms with Crippen LogP contribution in [0, 0.1) is 46.5 Å². The second-order valence-corrected chi connectivity index (χ2v) is 13.5. The van der Waals surface area contributed by atoms with Gasteiger partial charge in [-0.25, -0.2) is 26.0 Å². The molecule has 0 saturated heterocycles. The molecule has 0 aliphatic heterocycles. The molecule has 23 heteroatoms. The Hall–Kier alpha value is -5.32. The van der Waals surface area contributed by atoms with Gasteiger partial charge in [0.15, 0.2) is 51.4 Å². The average molecular weight is 732 g/mol. The number of halogens is 8. The number of aromatic hydroxyl groups is 6. The summed E-state index contributed by atoms with van der Waals surface area (Å²) in [6.45, 7) is 0. The van der Waals surface area contributed by atoms with Crippen LogP contribution in [0.3, 0.4) is 0 Å². The summed E-state index contributed by atoms with van der Waals surface area (Å²) in [5.74, 6) is -35.0. The molecule has 2 aromatic heterocycles. The Balaban J connectivity index is 1.44. The zero-order chi connectivity index (χ0) is 35.7. The van der Waals surface area contributed by atoms with E-state index in [0.717, 1.165) is 12.2 Å². The molecule has 3 aliphatic rings. The van der Waals surface area contributed by atoms with Crippen molar-refractivity contribution in [3.05, 3.63) is 80.9 Å². The Morgan fingerprint density at radius 1 is 0.542 bits per heavy atom. The minimum absolute atomic E-state index is 0.100. The predicted molar refractivity (Wildman–Crippen MR) is 135 cm³/mol. The van der Waals surface area contributed by atoms with Crippen LogP contribution >= 0.6 is 0 Å². The lowest BCUT2D eigenvalue weighted by Crippen LogP contribution is -2.23. The average Bonchev–Trinajstić information content (AvgIpc) is 3.43. The number of hydrogen-bond acceptors (Lipinski definition) is 11. The van der Waals surface area contributed by atoms with E-state index >= 15 is 0 Å². The van der Waals surface area contributed by atoms with E-state index in [2.05, 4.69) is 4.28 Å². The molecule has 2 bridgehead atoms. The van der Waals surface area contributed by atoms with Crippen molar-refractivity contribution in [2.45, 2.75) is 27.5 Å². The Kier molecular flexibility index (Phi) is 6.86. The smallest absolute Gasteiger partial charge is 0.363 e. The van der Waals surface area contributed by atoms with Gasteiger partial charge in [-0.3, -0.25) is 8.85 Å². The number of allylic oxidation sites excluding steroid dienone is 2. The van der Waals surface area contributed by atoms with Crippen molar-refractivity contribution in [2.24, 2.45) is 0 Å². The number of rotatable bonds is 6. The lowest BCUT2D eigenvalue weighted by molar-refractivity contribution is 0.199. The highest BCUT2D eigenvalue weighted by molar-refractivity contribution is 7.90. The number of nitrogens with zero attached hydrogens (tertiary/aromatic N) is 2. The third-order valence-electron chi connectivity index (χ3n) is 7.61. The molecule has 4 aromatic rings. The van der Waals surface area contributed by atoms with Crippen LogP contribution in [0.2, 0.25) is 0 Å². The minimum Gasteiger partial charge on any atom is -0.503 e. The highest BCUT2D eigenvalue weighted by atomic mass is 32.2. The molecule has 13 nitrogen and oxygen atoms in total. The first-order valence-corrected chi connectivity index (χ1v) is 15.5. The van der Waals surface area contributed by atoms with Crippen molar-refractivity contribution in [3.63, 3.8) is 0 Å². The second-order valence-electron chi connectivity index (χ2n) is 10.2. The van der Waals surface area contributed by atoms with E-state index in [1.54, 1.807) is 0 Å². The molecule has 0 spiro atoms. The summed E-state index contributed by atoms with van der Waals surface area (Å²) < 4.78 is 168. The predicted octanol–water partition coefficient (Wildman–Crippen LogP) is 3.03. The molecular formula is C25H12F8N2O11S2. The van der Waals surface area contributed by atoms with Crippen LogP contribution in [0.4, 0.5) is 35.1 Å². The van der Waals surface area contributed by atoms with E-state index in [1.807, 2.05) is 0 Å². The molecule has 0 fully saturated rings. The van der Waals surface area contributed by atoms with Gasteiger partial charge < -0.3 is 30.6 Å². The third-order valence-corrected chi connectivity index (χ3v) is 10.4. The first-order valence-electron chi connectivity index (χ1n) is 12.4. The number of aromatic nitrogens is 2. The maximum atomic E-state index is 14.4. The fourth-order valence-corrected chi connectivity index (χ4v) is 8.04. The third kappa shape index (κ3) is 4.06. The van der Waals surface area contributed by atoms with E-state index in [4.69, 9.17) is 10.2 Å². The highest BCUT2D eigenvalue weighted by Gasteiger charge is 2.48. The number of phenols is 2. The maximum Gasteiger partial charge on any atom is 0.363 e. The van der Waals surface area contributed by atoms with Gasteiger partial charge in [-0.2, -0.15) is 26.0 Å². The normalized spacial score (nSPS) is 16.8. The number of phenolic OH excluding ortho intramolecular Hbond substituents is 2. The van der Waals surface area contributed by atoms with Crippen molar-refractivity contribution in [2.75, 3.05) is 0 Å². The van der Waals surface area contributed by atoms with E-state index < -0.39 is 151 Å². The summed E-state index contributed by atoms with van der Waals surface area (Å²) in [6.07, 6.45) is 2.28. The number of hydrogen-bond donors (Lipinski definition) is 6. The van der Waals surface area contributed by atoms with Gasteiger partial charge in [0.05, 0.1) is 0 Å². The number of sulfone groups is 1. The first kappa shape index (κ1) is 32.6. The van der Waals surface area contributed by atoms with Crippen LogP contribution in [0.25, 0.3) is 0 Å². The summed E-state index contributed by atoms with van der Waals surface area (Å²) >= 11 is 0. The lowest BCUT2D eigenvalue weighted by atomic mass is 9.70. The van der Waals surface area contributed by atoms with Crippen molar-refractivity contribution in [1.82, 2.24) is 9.30 Å². The molecule has 2 atom stereocenters. The molecule has 0 amide bonds. The lowest BCUT2D eigenvalue weighted by Gasteiger charge is -2.30. The molecule has 48 heavy (non-hydrogen) atoms. The van der Waals surface area contributed by atoms with Crippen LogP contribution < -0.4 is 4.28 Å². The minimum atomic E-state index is -6.05. The maximum absolute atomic E-state index is 14.4. The van der Waals surface area contributed by atoms with Crippen LogP contribution in [0.15, 0.2) is 21.9 Å². The molecule has 6 N–H and O–H groups in total. The quantitative estimate of drug-likeness (QED) is 0.0965. The Labute approximate surface area is 259 Å². The van der Waals surface area contributed by atoms with Crippen molar-refractivity contribution >= 4 is 20.0 Å². The summed E-state index contributed by atoms with van der Waals surface area (Å²) in [4.78, 5) is -4.66. The molecule has 2 heterocycles. The van der Waals surface area contributed by atoms with Crippen molar-refractivity contribution in [1.29, 1.82) is 0 Å². The molecule has 2 aromatic carbocycles. The van der Waals surface area contributed by atoms with Gasteiger partial charge in [0.25, 0.3) is 0 Å². The Morgan fingerprint density at radius 3 is 1.25 bits per heavy atom. The first-order chi connectivity index (χ1) is 22.2. The summed E-state index contributed by atoms with van der Waals surface area (Å²) in [7, 11) is -11.6. The zero-order valence-electron chi connectivity index (χ0n) is 22.5. The molecular weight excluding hydrogens is 720 g/mol. The summed E-state index contributed by atoms with van der Waals surface area (Å²) in [6, 6.07) is 0. The van der Waals surface area contributed by atoms with Gasteiger partial charge in [-0.15, -0.1) is 0 Å². The molecule has 256 valence electrons. The molecule has 0 radical (unpaired) electrons. The fourth-order valence-electron chi connectivity index (χ4n) is 5.57. The van der Waals surface area contributed by atoms with Gasteiger partial charge >= 0.3 is 10.1 Å². The molecule has 0 saturated carbocycles. The summed E-state index contributed by atoms with van der Waals surface area (Å²) in [5.41, 5.74) is -2.08. The van der Waals surface area contributed by atoms with Gasteiger partial charge in [-0.1, -0.05) is 16.9 Å². The van der Waals surface area contributed by atoms with Crippen molar-refractivity contribution < 1.29 is 86.9 Å². The fraction of sp³-hybridized carbons (Fsp3) is 0.120. The van der Waals surface area contributed by atoms with Crippen LogP contribution in [0.1, 0.15) is 34.1 Å². The topological polar surface area (TPSA) is 209 Å². The van der Waals surface area contributed by atoms with Crippen LogP contribution in [-0.4, -0.2) is 56.8 Å². The largest absolute Gasteiger partial charge is 0.503 e. The van der Waals surface area contributed by atoms with E-state index in [0.29, 0.717) is 0 Å².